The van der Waals surface area contributed by atoms with E-state index in [0.717, 1.165) is 17.9 Å². The van der Waals surface area contributed by atoms with Gasteiger partial charge in [0.1, 0.15) is 0 Å². The third kappa shape index (κ3) is 4.98. The monoisotopic (exact) mass is 212 g/mol. The zero-order chi connectivity index (χ0) is 11.3. The van der Waals surface area contributed by atoms with E-state index in [2.05, 4.69) is 38.2 Å². The molecule has 0 unspecified atom stereocenters. The number of nitrogens with zero attached hydrogens (tertiary/aromatic N) is 1. The lowest BCUT2D eigenvalue weighted by atomic mass is 9.79. The molecule has 1 aliphatic carbocycles. The maximum absolute atomic E-state index is 3.70. The van der Waals surface area contributed by atoms with Gasteiger partial charge in [-0.1, -0.05) is 13.8 Å². The molecule has 1 fully saturated rings. The van der Waals surface area contributed by atoms with Crippen LogP contribution in [-0.4, -0.2) is 38.1 Å². The van der Waals surface area contributed by atoms with Crippen LogP contribution in [0.3, 0.4) is 0 Å². The van der Waals surface area contributed by atoms with Crippen molar-refractivity contribution in [1.82, 2.24) is 10.2 Å². The third-order valence-electron chi connectivity index (χ3n) is 3.81. The van der Waals surface area contributed by atoms with Crippen LogP contribution >= 0.6 is 0 Å². The molecular weight excluding hydrogens is 184 g/mol. The molecule has 0 aromatic heterocycles. The molecule has 1 saturated carbocycles. The van der Waals surface area contributed by atoms with Gasteiger partial charge in [0.05, 0.1) is 0 Å². The summed E-state index contributed by atoms with van der Waals surface area (Å²) in [5.41, 5.74) is 0. The minimum absolute atomic E-state index is 0.790. The van der Waals surface area contributed by atoms with E-state index in [1.165, 1.54) is 38.8 Å². The van der Waals surface area contributed by atoms with Crippen LogP contribution in [0.1, 0.15) is 39.5 Å². The largest absolute Gasteiger partial charge is 0.314 e. The predicted molar refractivity (Wildman–Crippen MR) is 67.1 cm³/mol. The molecule has 1 aliphatic rings. The highest BCUT2D eigenvalue weighted by Gasteiger charge is 2.23. The Morgan fingerprint density at radius 3 is 2.47 bits per heavy atom. The van der Waals surface area contributed by atoms with Crippen molar-refractivity contribution in [2.24, 2.45) is 11.8 Å². The molecule has 0 heterocycles. The zero-order valence-electron chi connectivity index (χ0n) is 10.9. The van der Waals surface area contributed by atoms with Crippen molar-refractivity contribution in [2.75, 3.05) is 27.2 Å². The van der Waals surface area contributed by atoms with Gasteiger partial charge in [0, 0.05) is 6.04 Å². The van der Waals surface area contributed by atoms with E-state index >= 15 is 0 Å². The zero-order valence-corrected chi connectivity index (χ0v) is 10.9. The summed E-state index contributed by atoms with van der Waals surface area (Å²) in [6.45, 7) is 7.18. The van der Waals surface area contributed by atoms with Crippen LogP contribution in [-0.2, 0) is 0 Å². The second-order valence-electron chi connectivity index (χ2n) is 5.58. The second kappa shape index (κ2) is 6.49. The summed E-state index contributed by atoms with van der Waals surface area (Å²) in [6, 6.07) is 0.790. The van der Waals surface area contributed by atoms with E-state index in [1.807, 2.05) is 0 Å². The lowest BCUT2D eigenvalue weighted by Gasteiger charge is -2.32. The molecule has 0 saturated heterocycles. The first-order valence-corrected chi connectivity index (χ1v) is 6.47. The molecule has 0 aromatic rings. The van der Waals surface area contributed by atoms with Gasteiger partial charge in [-0.25, -0.2) is 0 Å². The van der Waals surface area contributed by atoms with Crippen molar-refractivity contribution in [2.45, 2.75) is 45.6 Å². The van der Waals surface area contributed by atoms with E-state index < -0.39 is 0 Å². The highest BCUT2D eigenvalue weighted by atomic mass is 15.1. The highest BCUT2D eigenvalue weighted by Crippen LogP contribution is 2.29. The molecule has 1 N–H and O–H groups in total. The molecule has 2 nitrogen and oxygen atoms in total. The average Bonchev–Trinajstić information content (AvgIpc) is 2.18. The Labute approximate surface area is 95.4 Å². The first kappa shape index (κ1) is 13.0. The first-order valence-electron chi connectivity index (χ1n) is 6.47. The van der Waals surface area contributed by atoms with Gasteiger partial charge < -0.3 is 10.2 Å². The minimum Gasteiger partial charge on any atom is -0.314 e. The van der Waals surface area contributed by atoms with Crippen LogP contribution in [0.2, 0.25) is 0 Å². The normalized spacial score (nSPS) is 32.2. The van der Waals surface area contributed by atoms with Gasteiger partial charge in [-0.2, -0.15) is 0 Å². The summed E-state index contributed by atoms with van der Waals surface area (Å²) in [6.07, 6.45) is 5.44. The van der Waals surface area contributed by atoms with Crippen LogP contribution in [0.5, 0.6) is 0 Å². The Balaban J connectivity index is 2.07. The summed E-state index contributed by atoms with van der Waals surface area (Å²) in [4.78, 5) is 2.26. The molecule has 90 valence electrons. The Bertz CT molecular complexity index is 168. The lowest BCUT2D eigenvalue weighted by molar-refractivity contribution is 0.225. The lowest BCUT2D eigenvalue weighted by Crippen LogP contribution is -2.37. The summed E-state index contributed by atoms with van der Waals surface area (Å²) in [5, 5.41) is 3.70. The van der Waals surface area contributed by atoms with Crippen LogP contribution in [0.4, 0.5) is 0 Å². The molecule has 0 aromatic carbocycles. The SMILES string of the molecule is C[C@@H]1CC[C@H](NCCCN(C)C)C[C@H]1C. The molecule has 1 rings (SSSR count). The van der Waals surface area contributed by atoms with Gasteiger partial charge in [-0.3, -0.25) is 0 Å². The molecule has 0 amide bonds. The van der Waals surface area contributed by atoms with Crippen LogP contribution in [0, 0.1) is 11.8 Å². The van der Waals surface area contributed by atoms with Crippen LogP contribution in [0.25, 0.3) is 0 Å². The molecule has 0 aliphatic heterocycles. The van der Waals surface area contributed by atoms with Crippen molar-refractivity contribution in [3.05, 3.63) is 0 Å². The number of nitrogens with one attached hydrogen (secondary N) is 1. The predicted octanol–water partition coefficient (Wildman–Crippen LogP) is 2.35. The van der Waals surface area contributed by atoms with Crippen molar-refractivity contribution in [3.63, 3.8) is 0 Å². The number of hydrogen-bond donors (Lipinski definition) is 1. The minimum atomic E-state index is 0.790. The molecule has 0 spiro atoms. The molecule has 15 heavy (non-hydrogen) atoms. The number of hydrogen-bond acceptors (Lipinski definition) is 2. The van der Waals surface area contributed by atoms with Gasteiger partial charge >= 0.3 is 0 Å². The summed E-state index contributed by atoms with van der Waals surface area (Å²) in [5.74, 6) is 1.84. The van der Waals surface area contributed by atoms with Gasteiger partial charge in [0.25, 0.3) is 0 Å². The Hall–Kier alpha value is -0.0800. The molecule has 0 bridgehead atoms. The Morgan fingerprint density at radius 2 is 1.87 bits per heavy atom. The van der Waals surface area contributed by atoms with Crippen molar-refractivity contribution in [1.29, 1.82) is 0 Å². The van der Waals surface area contributed by atoms with E-state index in [-0.39, 0.29) is 0 Å². The van der Waals surface area contributed by atoms with Gasteiger partial charge in [-0.15, -0.1) is 0 Å². The van der Waals surface area contributed by atoms with Crippen molar-refractivity contribution in [3.8, 4) is 0 Å². The molecule has 2 heteroatoms. The molecule has 0 radical (unpaired) electrons. The fourth-order valence-electron chi connectivity index (χ4n) is 2.43. The van der Waals surface area contributed by atoms with Crippen molar-refractivity contribution >= 4 is 0 Å². The summed E-state index contributed by atoms with van der Waals surface area (Å²) < 4.78 is 0. The molecule has 3 atom stereocenters. The summed E-state index contributed by atoms with van der Waals surface area (Å²) in [7, 11) is 4.29. The Kier molecular flexibility index (Phi) is 5.62. The van der Waals surface area contributed by atoms with Gasteiger partial charge in [-0.05, 0) is 64.7 Å². The van der Waals surface area contributed by atoms with E-state index in [9.17, 15) is 0 Å². The topological polar surface area (TPSA) is 15.3 Å². The van der Waals surface area contributed by atoms with E-state index in [1.54, 1.807) is 0 Å². The average molecular weight is 212 g/mol. The van der Waals surface area contributed by atoms with Gasteiger partial charge in [0.2, 0.25) is 0 Å². The van der Waals surface area contributed by atoms with E-state index in [4.69, 9.17) is 0 Å². The second-order valence-corrected chi connectivity index (χ2v) is 5.58. The van der Waals surface area contributed by atoms with Gasteiger partial charge in [0.15, 0.2) is 0 Å². The third-order valence-corrected chi connectivity index (χ3v) is 3.81. The summed E-state index contributed by atoms with van der Waals surface area (Å²) >= 11 is 0. The first-order chi connectivity index (χ1) is 7.09. The quantitative estimate of drug-likeness (QED) is 0.704. The number of rotatable bonds is 5. The fraction of sp³-hybridized carbons (Fsp3) is 1.00. The van der Waals surface area contributed by atoms with Crippen molar-refractivity contribution < 1.29 is 0 Å². The maximum Gasteiger partial charge on any atom is 0.00698 e. The fourth-order valence-corrected chi connectivity index (χ4v) is 2.43. The van der Waals surface area contributed by atoms with E-state index in [0.29, 0.717) is 0 Å². The smallest absolute Gasteiger partial charge is 0.00698 e. The maximum atomic E-state index is 3.70. The Morgan fingerprint density at radius 1 is 1.13 bits per heavy atom. The van der Waals surface area contributed by atoms with Crippen LogP contribution < -0.4 is 5.32 Å². The molecular formula is C13H28N2. The highest BCUT2D eigenvalue weighted by molar-refractivity contribution is 4.79. The standard InChI is InChI=1S/C13H28N2/c1-11-6-7-13(10-12(11)2)14-8-5-9-15(3)4/h11-14H,5-10H2,1-4H3/t11-,12-,13+/m1/s1. The van der Waals surface area contributed by atoms with Crippen LogP contribution in [0.15, 0.2) is 0 Å².